The summed E-state index contributed by atoms with van der Waals surface area (Å²) in [6.45, 7) is 2.07. The number of carboxylic acid groups (broad SMARTS) is 1. The lowest BCUT2D eigenvalue weighted by Crippen LogP contribution is -2.21. The average Bonchev–Trinajstić information content (AvgIpc) is 2.27. The highest BCUT2D eigenvalue weighted by Gasteiger charge is 2.05. The minimum atomic E-state index is -0.930. The van der Waals surface area contributed by atoms with Gasteiger partial charge in [-0.05, 0) is 24.6 Å². The molecule has 0 bridgehead atoms. The molecule has 88 valence electrons. The highest BCUT2D eigenvalue weighted by atomic mass is 16.4. The Bertz CT molecular complexity index is 631. The van der Waals surface area contributed by atoms with Gasteiger partial charge in [-0.15, -0.1) is 0 Å². The van der Waals surface area contributed by atoms with Crippen LogP contribution in [0.1, 0.15) is 12.0 Å². The molecule has 0 saturated heterocycles. The number of aromatic nitrogens is 2. The van der Waals surface area contributed by atoms with Gasteiger partial charge in [-0.25, -0.2) is 4.98 Å². The number of rotatable bonds is 3. The smallest absolute Gasteiger partial charge is 0.305 e. The highest BCUT2D eigenvalue weighted by molar-refractivity contribution is 5.77. The molecule has 0 saturated carbocycles. The Morgan fingerprint density at radius 1 is 1.47 bits per heavy atom. The summed E-state index contributed by atoms with van der Waals surface area (Å²) in [4.78, 5) is 26.6. The van der Waals surface area contributed by atoms with Gasteiger partial charge >= 0.3 is 5.97 Å². The molecule has 0 aliphatic carbocycles. The predicted octanol–water partition coefficient (Wildman–Crippen LogP) is 1.18. The van der Waals surface area contributed by atoms with Gasteiger partial charge in [0.25, 0.3) is 5.56 Å². The molecule has 1 N–H and O–H groups in total. The molecule has 0 spiro atoms. The largest absolute Gasteiger partial charge is 0.481 e. The molecule has 0 amide bonds. The van der Waals surface area contributed by atoms with Gasteiger partial charge in [-0.2, -0.15) is 0 Å². The van der Waals surface area contributed by atoms with Gasteiger partial charge in [0, 0.05) is 6.54 Å². The van der Waals surface area contributed by atoms with Crippen LogP contribution in [0.4, 0.5) is 0 Å². The van der Waals surface area contributed by atoms with Crippen molar-refractivity contribution in [3.05, 3.63) is 40.4 Å². The highest BCUT2D eigenvalue weighted by Crippen LogP contribution is 2.08. The molecule has 0 aliphatic rings. The molecule has 1 heterocycles. The first-order valence-electron chi connectivity index (χ1n) is 5.25. The van der Waals surface area contributed by atoms with Gasteiger partial charge in [0.15, 0.2) is 0 Å². The van der Waals surface area contributed by atoms with E-state index in [0.29, 0.717) is 10.9 Å². The van der Waals surface area contributed by atoms with Crippen LogP contribution in [0, 0.1) is 6.92 Å². The van der Waals surface area contributed by atoms with Crippen molar-refractivity contribution in [3.63, 3.8) is 0 Å². The van der Waals surface area contributed by atoms with E-state index in [9.17, 15) is 9.59 Å². The maximum absolute atomic E-state index is 12.0. The molecular weight excluding hydrogens is 220 g/mol. The second-order valence-electron chi connectivity index (χ2n) is 3.91. The van der Waals surface area contributed by atoms with Crippen LogP contribution in [0.5, 0.6) is 0 Å². The number of hydrogen-bond acceptors (Lipinski definition) is 3. The average molecular weight is 232 g/mol. The van der Waals surface area contributed by atoms with Crippen molar-refractivity contribution in [2.45, 2.75) is 19.9 Å². The van der Waals surface area contributed by atoms with Crippen molar-refractivity contribution in [3.8, 4) is 0 Å². The quantitative estimate of drug-likeness (QED) is 0.862. The van der Waals surface area contributed by atoms with Crippen LogP contribution in [0.2, 0.25) is 0 Å². The van der Waals surface area contributed by atoms with Gasteiger partial charge in [0.2, 0.25) is 0 Å². The maximum atomic E-state index is 12.0. The Balaban J connectivity index is 2.47. The van der Waals surface area contributed by atoms with E-state index in [-0.39, 0.29) is 18.5 Å². The van der Waals surface area contributed by atoms with Crippen LogP contribution in [0.3, 0.4) is 0 Å². The van der Waals surface area contributed by atoms with E-state index in [1.54, 1.807) is 6.07 Å². The summed E-state index contributed by atoms with van der Waals surface area (Å²) in [5.74, 6) is -0.930. The molecule has 5 nitrogen and oxygen atoms in total. The minimum absolute atomic E-state index is 0.0844. The summed E-state index contributed by atoms with van der Waals surface area (Å²) >= 11 is 0. The summed E-state index contributed by atoms with van der Waals surface area (Å²) in [5, 5.41) is 9.10. The van der Waals surface area contributed by atoms with Crippen LogP contribution in [0.25, 0.3) is 10.9 Å². The number of carboxylic acids is 1. The van der Waals surface area contributed by atoms with Crippen molar-refractivity contribution in [1.82, 2.24) is 9.55 Å². The lowest BCUT2D eigenvalue weighted by Gasteiger charge is -2.05. The normalized spacial score (nSPS) is 10.6. The summed E-state index contributed by atoms with van der Waals surface area (Å²) in [6.07, 6.45) is 1.31. The summed E-state index contributed by atoms with van der Waals surface area (Å²) in [6, 6.07) is 5.39. The zero-order chi connectivity index (χ0) is 12.4. The second kappa shape index (κ2) is 4.37. The molecule has 1 aromatic heterocycles. The molecular formula is C12H12N2O3. The first kappa shape index (κ1) is 11.3. The molecule has 2 rings (SSSR count). The molecule has 17 heavy (non-hydrogen) atoms. The SMILES string of the molecule is Cc1ccc2c(=O)n(CCC(=O)O)cnc2c1. The molecule has 2 aromatic rings. The number of hydrogen-bond donors (Lipinski definition) is 1. The number of nitrogens with zero attached hydrogens (tertiary/aromatic N) is 2. The monoisotopic (exact) mass is 232 g/mol. The van der Waals surface area contributed by atoms with Crippen molar-refractivity contribution in [2.75, 3.05) is 0 Å². The molecule has 0 radical (unpaired) electrons. The Kier molecular flexibility index (Phi) is 2.91. The molecule has 0 fully saturated rings. The van der Waals surface area contributed by atoms with Crippen LogP contribution < -0.4 is 5.56 Å². The van der Waals surface area contributed by atoms with Crippen molar-refractivity contribution < 1.29 is 9.90 Å². The van der Waals surface area contributed by atoms with Crippen molar-refractivity contribution >= 4 is 16.9 Å². The minimum Gasteiger partial charge on any atom is -0.481 e. The van der Waals surface area contributed by atoms with E-state index < -0.39 is 5.97 Å². The molecule has 1 aromatic carbocycles. The first-order valence-corrected chi connectivity index (χ1v) is 5.25. The van der Waals surface area contributed by atoms with E-state index in [1.165, 1.54) is 10.9 Å². The van der Waals surface area contributed by atoms with Crippen LogP contribution in [-0.4, -0.2) is 20.6 Å². The molecule has 5 heteroatoms. The third-order valence-electron chi connectivity index (χ3n) is 2.55. The van der Waals surface area contributed by atoms with E-state index in [1.807, 2.05) is 19.1 Å². The fraction of sp³-hybridized carbons (Fsp3) is 0.250. The Labute approximate surface area is 97.3 Å². The third-order valence-corrected chi connectivity index (χ3v) is 2.55. The van der Waals surface area contributed by atoms with Crippen molar-refractivity contribution in [2.24, 2.45) is 0 Å². The van der Waals surface area contributed by atoms with Crippen LogP contribution in [-0.2, 0) is 11.3 Å². The van der Waals surface area contributed by atoms with E-state index in [0.717, 1.165) is 5.56 Å². The number of aliphatic carboxylic acids is 1. The Morgan fingerprint density at radius 2 is 2.24 bits per heavy atom. The summed E-state index contributed by atoms with van der Waals surface area (Å²) < 4.78 is 1.33. The first-order chi connectivity index (χ1) is 8.08. The van der Waals surface area contributed by atoms with Gasteiger partial charge in [0.1, 0.15) is 0 Å². The van der Waals surface area contributed by atoms with E-state index >= 15 is 0 Å². The van der Waals surface area contributed by atoms with E-state index in [2.05, 4.69) is 4.98 Å². The van der Waals surface area contributed by atoms with Crippen LogP contribution in [0.15, 0.2) is 29.3 Å². The Hall–Kier alpha value is -2.17. The zero-order valence-corrected chi connectivity index (χ0v) is 9.38. The fourth-order valence-corrected chi connectivity index (χ4v) is 1.64. The summed E-state index contributed by atoms with van der Waals surface area (Å²) in [7, 11) is 0. The number of aryl methyl sites for hydroxylation is 2. The summed E-state index contributed by atoms with van der Waals surface area (Å²) in [5.41, 5.74) is 1.48. The predicted molar refractivity (Wildman–Crippen MR) is 63.0 cm³/mol. The standard InChI is InChI=1S/C12H12N2O3/c1-8-2-3-9-10(6-8)13-7-14(12(9)17)5-4-11(15)16/h2-3,6-7H,4-5H2,1H3,(H,15,16). The zero-order valence-electron chi connectivity index (χ0n) is 9.38. The van der Waals surface area contributed by atoms with E-state index in [4.69, 9.17) is 5.11 Å². The topological polar surface area (TPSA) is 72.2 Å². The third kappa shape index (κ3) is 2.33. The fourth-order valence-electron chi connectivity index (χ4n) is 1.64. The second-order valence-corrected chi connectivity index (χ2v) is 3.91. The van der Waals surface area contributed by atoms with Crippen LogP contribution >= 0.6 is 0 Å². The van der Waals surface area contributed by atoms with Gasteiger partial charge in [0.05, 0.1) is 23.7 Å². The molecule has 0 unspecified atom stereocenters. The van der Waals surface area contributed by atoms with Gasteiger partial charge < -0.3 is 5.11 Å². The van der Waals surface area contributed by atoms with Gasteiger partial charge in [-0.1, -0.05) is 6.07 Å². The number of carbonyl (C=O) groups is 1. The molecule has 0 aliphatic heterocycles. The number of fused-ring (bicyclic) bond motifs is 1. The molecule has 0 atom stereocenters. The van der Waals surface area contributed by atoms with Crippen molar-refractivity contribution in [1.29, 1.82) is 0 Å². The lowest BCUT2D eigenvalue weighted by atomic mass is 10.2. The number of benzene rings is 1. The lowest BCUT2D eigenvalue weighted by molar-refractivity contribution is -0.137. The Morgan fingerprint density at radius 3 is 2.94 bits per heavy atom. The van der Waals surface area contributed by atoms with Gasteiger partial charge in [-0.3, -0.25) is 14.2 Å². The maximum Gasteiger partial charge on any atom is 0.305 e.